The molecule has 1 aromatic heterocycles. The predicted octanol–water partition coefficient (Wildman–Crippen LogP) is -0.522. The van der Waals surface area contributed by atoms with E-state index in [0.717, 1.165) is 13.1 Å². The lowest BCUT2D eigenvalue weighted by atomic mass is 10.3. The van der Waals surface area contributed by atoms with E-state index in [1.165, 1.54) is 0 Å². The minimum Gasteiger partial charge on any atom is -0.378 e. The average Bonchev–Trinajstić information content (AvgIpc) is 2.39. The maximum Gasteiger partial charge on any atom is 0.269 e. The molecule has 0 saturated carbocycles. The van der Waals surface area contributed by atoms with Crippen molar-refractivity contribution in [2.45, 2.75) is 0 Å². The standard InChI is InChI=1S/C11H17N5O2/c1-15(2)8-7-13-11(14-9(8)10(12)17)16-3-5-18-6-4-16/h7H,3-6H2,1-2H3,(H2,12,17). The quantitative estimate of drug-likeness (QED) is 0.778. The van der Waals surface area contributed by atoms with Crippen LogP contribution in [-0.4, -0.2) is 56.3 Å². The number of aromatic nitrogens is 2. The van der Waals surface area contributed by atoms with E-state index < -0.39 is 5.91 Å². The molecule has 1 aromatic rings. The number of morpholine rings is 1. The van der Waals surface area contributed by atoms with Crippen LogP contribution in [0.1, 0.15) is 10.5 Å². The first-order valence-electron chi connectivity index (χ1n) is 5.76. The number of carbonyl (C=O) groups is 1. The first-order valence-corrected chi connectivity index (χ1v) is 5.76. The van der Waals surface area contributed by atoms with Crippen molar-refractivity contribution in [1.82, 2.24) is 9.97 Å². The monoisotopic (exact) mass is 251 g/mol. The molecular weight excluding hydrogens is 234 g/mol. The highest BCUT2D eigenvalue weighted by molar-refractivity contribution is 5.96. The van der Waals surface area contributed by atoms with Gasteiger partial charge in [-0.25, -0.2) is 9.97 Å². The summed E-state index contributed by atoms with van der Waals surface area (Å²) in [4.78, 5) is 23.7. The van der Waals surface area contributed by atoms with Crippen molar-refractivity contribution in [3.05, 3.63) is 11.9 Å². The van der Waals surface area contributed by atoms with Crippen molar-refractivity contribution in [3.8, 4) is 0 Å². The van der Waals surface area contributed by atoms with Gasteiger partial charge in [0.05, 0.1) is 25.1 Å². The second-order valence-electron chi connectivity index (χ2n) is 4.26. The van der Waals surface area contributed by atoms with Crippen LogP contribution in [0.5, 0.6) is 0 Å². The van der Waals surface area contributed by atoms with Crippen molar-refractivity contribution in [2.75, 3.05) is 50.2 Å². The molecule has 7 nitrogen and oxygen atoms in total. The Bertz CT molecular complexity index is 443. The fourth-order valence-corrected chi connectivity index (χ4v) is 1.79. The van der Waals surface area contributed by atoms with Crippen molar-refractivity contribution >= 4 is 17.5 Å². The Kier molecular flexibility index (Phi) is 3.61. The molecule has 2 N–H and O–H groups in total. The number of amides is 1. The van der Waals surface area contributed by atoms with Gasteiger partial charge >= 0.3 is 0 Å². The van der Waals surface area contributed by atoms with E-state index in [9.17, 15) is 4.79 Å². The molecule has 1 amide bonds. The van der Waals surface area contributed by atoms with Gasteiger partial charge in [-0.05, 0) is 0 Å². The zero-order valence-electron chi connectivity index (χ0n) is 10.6. The molecule has 7 heteroatoms. The van der Waals surface area contributed by atoms with Gasteiger partial charge in [-0.3, -0.25) is 4.79 Å². The minimum absolute atomic E-state index is 0.247. The largest absolute Gasteiger partial charge is 0.378 e. The summed E-state index contributed by atoms with van der Waals surface area (Å²) in [5.41, 5.74) is 6.22. The lowest BCUT2D eigenvalue weighted by Gasteiger charge is -2.27. The van der Waals surface area contributed by atoms with Crippen LogP contribution in [0.15, 0.2) is 6.20 Å². The number of rotatable bonds is 3. The molecule has 1 saturated heterocycles. The van der Waals surface area contributed by atoms with Crippen LogP contribution in [-0.2, 0) is 4.74 Å². The summed E-state index contributed by atoms with van der Waals surface area (Å²) in [5, 5.41) is 0. The third-order valence-corrected chi connectivity index (χ3v) is 2.77. The molecule has 1 fully saturated rings. The number of ether oxygens (including phenoxy) is 1. The van der Waals surface area contributed by atoms with E-state index >= 15 is 0 Å². The van der Waals surface area contributed by atoms with Crippen molar-refractivity contribution in [3.63, 3.8) is 0 Å². The Morgan fingerprint density at radius 2 is 2.11 bits per heavy atom. The van der Waals surface area contributed by atoms with E-state index in [2.05, 4.69) is 9.97 Å². The maximum atomic E-state index is 11.4. The topological polar surface area (TPSA) is 84.6 Å². The first kappa shape index (κ1) is 12.6. The molecule has 2 heterocycles. The van der Waals surface area contributed by atoms with Gasteiger partial charge in [0.15, 0.2) is 5.69 Å². The molecule has 18 heavy (non-hydrogen) atoms. The van der Waals surface area contributed by atoms with Gasteiger partial charge in [0.2, 0.25) is 5.95 Å². The predicted molar refractivity (Wildman–Crippen MR) is 67.9 cm³/mol. The Hall–Kier alpha value is -1.89. The van der Waals surface area contributed by atoms with Gasteiger partial charge in [-0.1, -0.05) is 0 Å². The molecule has 0 atom stereocenters. The lowest BCUT2D eigenvalue weighted by molar-refractivity contribution is 0.0996. The highest BCUT2D eigenvalue weighted by Gasteiger charge is 2.18. The summed E-state index contributed by atoms with van der Waals surface area (Å²) in [6.45, 7) is 2.73. The van der Waals surface area contributed by atoms with Crippen LogP contribution in [0.25, 0.3) is 0 Å². The van der Waals surface area contributed by atoms with E-state index in [-0.39, 0.29) is 5.69 Å². The Morgan fingerprint density at radius 3 is 2.67 bits per heavy atom. The van der Waals surface area contributed by atoms with Crippen LogP contribution < -0.4 is 15.5 Å². The van der Waals surface area contributed by atoms with Gasteiger partial charge in [-0.15, -0.1) is 0 Å². The Morgan fingerprint density at radius 1 is 1.44 bits per heavy atom. The number of nitrogens with two attached hydrogens (primary N) is 1. The summed E-state index contributed by atoms with van der Waals surface area (Å²) in [6.07, 6.45) is 1.62. The smallest absolute Gasteiger partial charge is 0.269 e. The molecule has 98 valence electrons. The van der Waals surface area contributed by atoms with Crippen LogP contribution >= 0.6 is 0 Å². The number of primary amides is 1. The second kappa shape index (κ2) is 5.18. The number of anilines is 2. The normalized spacial score (nSPS) is 15.6. The lowest BCUT2D eigenvalue weighted by Crippen LogP contribution is -2.38. The molecule has 0 aromatic carbocycles. The fraction of sp³-hybridized carbons (Fsp3) is 0.545. The summed E-state index contributed by atoms with van der Waals surface area (Å²) in [7, 11) is 3.64. The molecule has 2 rings (SSSR count). The molecular formula is C11H17N5O2. The van der Waals surface area contributed by atoms with Gasteiger partial charge < -0.3 is 20.3 Å². The van der Waals surface area contributed by atoms with Crippen molar-refractivity contribution < 1.29 is 9.53 Å². The number of nitrogens with zero attached hydrogens (tertiary/aromatic N) is 4. The molecule has 0 aliphatic carbocycles. The number of carbonyl (C=O) groups excluding carboxylic acids is 1. The third-order valence-electron chi connectivity index (χ3n) is 2.77. The summed E-state index contributed by atoms with van der Waals surface area (Å²) < 4.78 is 5.26. The molecule has 1 aliphatic heterocycles. The van der Waals surface area contributed by atoms with Gasteiger partial charge in [0.1, 0.15) is 0 Å². The highest BCUT2D eigenvalue weighted by atomic mass is 16.5. The van der Waals surface area contributed by atoms with Crippen LogP contribution in [0.3, 0.4) is 0 Å². The van der Waals surface area contributed by atoms with Gasteiger partial charge in [0, 0.05) is 27.2 Å². The van der Waals surface area contributed by atoms with Crippen LogP contribution in [0.4, 0.5) is 11.6 Å². The second-order valence-corrected chi connectivity index (χ2v) is 4.26. The zero-order valence-corrected chi connectivity index (χ0v) is 10.6. The summed E-state index contributed by atoms with van der Waals surface area (Å²) >= 11 is 0. The average molecular weight is 251 g/mol. The van der Waals surface area contributed by atoms with E-state index in [4.69, 9.17) is 10.5 Å². The molecule has 0 unspecified atom stereocenters. The Balaban J connectivity index is 2.33. The van der Waals surface area contributed by atoms with Gasteiger partial charge in [0.25, 0.3) is 5.91 Å². The summed E-state index contributed by atoms with van der Waals surface area (Å²) in [6, 6.07) is 0. The molecule has 0 radical (unpaired) electrons. The summed E-state index contributed by atoms with van der Waals surface area (Å²) in [5.74, 6) is -0.0201. The van der Waals surface area contributed by atoms with Gasteiger partial charge in [-0.2, -0.15) is 0 Å². The van der Waals surface area contributed by atoms with Crippen molar-refractivity contribution in [2.24, 2.45) is 5.73 Å². The van der Waals surface area contributed by atoms with E-state index in [1.807, 2.05) is 19.0 Å². The fourth-order valence-electron chi connectivity index (χ4n) is 1.79. The van der Waals surface area contributed by atoms with E-state index in [1.54, 1.807) is 11.1 Å². The molecule has 1 aliphatic rings. The zero-order chi connectivity index (χ0) is 13.1. The van der Waals surface area contributed by atoms with Crippen LogP contribution in [0.2, 0.25) is 0 Å². The maximum absolute atomic E-state index is 11.4. The van der Waals surface area contributed by atoms with E-state index in [0.29, 0.717) is 24.8 Å². The SMILES string of the molecule is CN(C)c1cnc(N2CCOCC2)nc1C(N)=O. The minimum atomic E-state index is -0.546. The van der Waals surface area contributed by atoms with Crippen molar-refractivity contribution in [1.29, 1.82) is 0 Å². The third kappa shape index (κ3) is 2.51. The molecule has 0 bridgehead atoms. The Labute approximate surface area is 106 Å². The number of hydrogen-bond acceptors (Lipinski definition) is 6. The number of hydrogen-bond donors (Lipinski definition) is 1. The molecule has 0 spiro atoms. The first-order chi connectivity index (χ1) is 8.59. The highest BCUT2D eigenvalue weighted by Crippen LogP contribution is 2.18. The van der Waals surface area contributed by atoms with Crippen LogP contribution in [0, 0.1) is 0 Å².